The molecule has 1 N–H and O–H groups in total. The van der Waals surface area contributed by atoms with Gasteiger partial charge in [0, 0.05) is 18.8 Å². The van der Waals surface area contributed by atoms with Gasteiger partial charge in [0.1, 0.15) is 16.4 Å². The van der Waals surface area contributed by atoms with Gasteiger partial charge in [0.2, 0.25) is 15.9 Å². The molecule has 29 heavy (non-hydrogen) atoms. The van der Waals surface area contributed by atoms with Crippen molar-refractivity contribution in [1.82, 2.24) is 4.31 Å². The first-order valence-electron chi connectivity index (χ1n) is 9.55. The molecule has 1 amide bonds. The minimum absolute atomic E-state index is 0.0733. The Kier molecular flexibility index (Phi) is 6.76. The predicted molar refractivity (Wildman–Crippen MR) is 111 cm³/mol. The van der Waals surface area contributed by atoms with Gasteiger partial charge in [0.15, 0.2) is 0 Å². The summed E-state index contributed by atoms with van der Waals surface area (Å²) in [5.74, 6) is 0.752. The smallest absolute Gasteiger partial charge is 0.246 e. The van der Waals surface area contributed by atoms with Crippen molar-refractivity contribution >= 4 is 21.6 Å². The van der Waals surface area contributed by atoms with Crippen LogP contribution in [-0.2, 0) is 21.2 Å². The molecule has 0 atom stereocenters. The van der Waals surface area contributed by atoms with Crippen molar-refractivity contribution in [2.24, 2.45) is 0 Å². The lowest BCUT2D eigenvalue weighted by atomic mass is 10.1. The second kappa shape index (κ2) is 9.28. The fraction of sp³-hybridized carbons (Fsp3) is 0.381. The molecule has 0 aromatic heterocycles. The van der Waals surface area contributed by atoms with Crippen LogP contribution in [0, 0.1) is 0 Å². The standard InChI is InChI=1S/C21H26N2O5S/c1-27-18-9-6-16(7-10-18)14-21(24)22-17-8-11-19(28-2)20(15-17)29(25,26)23-12-4-3-5-13-23/h6-11,15H,3-5,12-14H2,1-2H3,(H,22,24). The number of sulfonamides is 1. The number of methoxy groups -OCH3 is 2. The Morgan fingerprint density at radius 1 is 1.00 bits per heavy atom. The largest absolute Gasteiger partial charge is 0.497 e. The third kappa shape index (κ3) is 5.07. The first kappa shape index (κ1) is 21.1. The lowest BCUT2D eigenvalue weighted by Crippen LogP contribution is -2.35. The molecule has 2 aromatic rings. The average molecular weight is 419 g/mol. The zero-order chi connectivity index (χ0) is 20.9. The summed E-state index contributed by atoms with van der Waals surface area (Å²) >= 11 is 0. The number of amides is 1. The zero-order valence-corrected chi connectivity index (χ0v) is 17.5. The molecule has 0 saturated carbocycles. The molecular weight excluding hydrogens is 392 g/mol. The Morgan fingerprint density at radius 2 is 1.69 bits per heavy atom. The average Bonchev–Trinajstić information content (AvgIpc) is 2.74. The summed E-state index contributed by atoms with van der Waals surface area (Å²) in [7, 11) is -0.665. The predicted octanol–water partition coefficient (Wildman–Crippen LogP) is 3.06. The highest BCUT2D eigenvalue weighted by atomic mass is 32.2. The fourth-order valence-corrected chi connectivity index (χ4v) is 5.03. The van der Waals surface area contributed by atoms with Crippen molar-refractivity contribution in [2.45, 2.75) is 30.6 Å². The molecule has 0 unspecified atom stereocenters. The Bertz CT molecular complexity index is 952. The number of carbonyl (C=O) groups excluding carboxylic acids is 1. The number of hydrogen-bond donors (Lipinski definition) is 1. The minimum Gasteiger partial charge on any atom is -0.497 e. The highest BCUT2D eigenvalue weighted by molar-refractivity contribution is 7.89. The van der Waals surface area contributed by atoms with Crippen LogP contribution in [0.2, 0.25) is 0 Å². The SMILES string of the molecule is COc1ccc(CC(=O)Nc2ccc(OC)c(S(=O)(=O)N3CCCCC3)c2)cc1. The van der Waals surface area contributed by atoms with E-state index in [0.29, 0.717) is 18.8 Å². The van der Waals surface area contributed by atoms with E-state index in [4.69, 9.17) is 9.47 Å². The summed E-state index contributed by atoms with van der Waals surface area (Å²) in [5.41, 5.74) is 1.25. The Hall–Kier alpha value is -2.58. The van der Waals surface area contributed by atoms with Gasteiger partial charge in [-0.3, -0.25) is 4.79 Å². The van der Waals surface area contributed by atoms with Gasteiger partial charge in [0.25, 0.3) is 0 Å². The van der Waals surface area contributed by atoms with E-state index in [-0.39, 0.29) is 23.0 Å². The summed E-state index contributed by atoms with van der Waals surface area (Å²) in [6.45, 7) is 0.999. The molecule has 1 aliphatic heterocycles. The molecule has 0 bridgehead atoms. The van der Waals surface area contributed by atoms with Gasteiger partial charge < -0.3 is 14.8 Å². The molecule has 1 aliphatic rings. The van der Waals surface area contributed by atoms with Crippen LogP contribution < -0.4 is 14.8 Å². The maximum absolute atomic E-state index is 13.1. The molecule has 1 fully saturated rings. The number of nitrogens with one attached hydrogen (secondary N) is 1. The van der Waals surface area contributed by atoms with E-state index in [2.05, 4.69) is 5.32 Å². The third-order valence-corrected chi connectivity index (χ3v) is 6.82. The third-order valence-electron chi connectivity index (χ3n) is 4.90. The zero-order valence-electron chi connectivity index (χ0n) is 16.7. The molecule has 156 valence electrons. The van der Waals surface area contributed by atoms with Gasteiger partial charge in [-0.25, -0.2) is 8.42 Å². The molecule has 1 saturated heterocycles. The molecule has 8 heteroatoms. The van der Waals surface area contributed by atoms with E-state index in [1.165, 1.54) is 17.5 Å². The summed E-state index contributed by atoms with van der Waals surface area (Å²) in [6.07, 6.45) is 2.90. The molecule has 1 heterocycles. The van der Waals surface area contributed by atoms with E-state index in [0.717, 1.165) is 30.6 Å². The maximum Gasteiger partial charge on any atom is 0.246 e. The van der Waals surface area contributed by atoms with Crippen molar-refractivity contribution in [3.63, 3.8) is 0 Å². The van der Waals surface area contributed by atoms with Crippen LogP contribution in [0.4, 0.5) is 5.69 Å². The molecule has 0 radical (unpaired) electrons. The Morgan fingerprint density at radius 3 is 2.31 bits per heavy atom. The van der Waals surface area contributed by atoms with E-state index in [1.807, 2.05) is 12.1 Å². The lowest BCUT2D eigenvalue weighted by Gasteiger charge is -2.26. The van der Waals surface area contributed by atoms with Crippen LogP contribution in [-0.4, -0.2) is 45.9 Å². The minimum atomic E-state index is -3.69. The van der Waals surface area contributed by atoms with Gasteiger partial charge in [-0.2, -0.15) is 4.31 Å². The highest BCUT2D eigenvalue weighted by Gasteiger charge is 2.29. The summed E-state index contributed by atoms with van der Waals surface area (Å²) < 4.78 is 38.0. The van der Waals surface area contributed by atoms with Crippen LogP contribution in [0.1, 0.15) is 24.8 Å². The number of hydrogen-bond acceptors (Lipinski definition) is 5. The van der Waals surface area contributed by atoms with E-state index >= 15 is 0 Å². The Balaban J connectivity index is 1.77. The number of piperidine rings is 1. The van der Waals surface area contributed by atoms with Crippen LogP contribution in [0.15, 0.2) is 47.4 Å². The molecule has 2 aromatic carbocycles. The maximum atomic E-state index is 13.1. The van der Waals surface area contributed by atoms with Crippen LogP contribution in [0.3, 0.4) is 0 Å². The van der Waals surface area contributed by atoms with Gasteiger partial charge in [0.05, 0.1) is 20.6 Å². The number of rotatable bonds is 7. The first-order chi connectivity index (χ1) is 13.9. The summed E-state index contributed by atoms with van der Waals surface area (Å²) in [6, 6.07) is 11.9. The van der Waals surface area contributed by atoms with Gasteiger partial charge in [-0.1, -0.05) is 18.6 Å². The second-order valence-electron chi connectivity index (χ2n) is 6.90. The first-order valence-corrected chi connectivity index (χ1v) is 11.0. The van der Waals surface area contributed by atoms with Crippen molar-refractivity contribution in [3.8, 4) is 11.5 Å². The van der Waals surface area contributed by atoms with E-state index < -0.39 is 10.0 Å². The lowest BCUT2D eigenvalue weighted by molar-refractivity contribution is -0.115. The van der Waals surface area contributed by atoms with Crippen molar-refractivity contribution in [1.29, 1.82) is 0 Å². The highest BCUT2D eigenvalue weighted by Crippen LogP contribution is 2.31. The molecular formula is C21H26N2O5S. The number of nitrogens with zero attached hydrogens (tertiary/aromatic N) is 1. The van der Waals surface area contributed by atoms with Gasteiger partial charge >= 0.3 is 0 Å². The normalized spacial score (nSPS) is 15.0. The Labute approximate surface area is 171 Å². The monoisotopic (exact) mass is 418 g/mol. The quantitative estimate of drug-likeness (QED) is 0.747. The molecule has 0 spiro atoms. The van der Waals surface area contributed by atoms with Gasteiger partial charge in [-0.15, -0.1) is 0 Å². The number of ether oxygens (including phenoxy) is 2. The van der Waals surface area contributed by atoms with E-state index in [9.17, 15) is 13.2 Å². The van der Waals surface area contributed by atoms with Crippen LogP contribution in [0.25, 0.3) is 0 Å². The molecule has 7 nitrogen and oxygen atoms in total. The number of benzene rings is 2. The molecule has 0 aliphatic carbocycles. The van der Waals surface area contributed by atoms with Crippen molar-refractivity contribution in [2.75, 3.05) is 32.6 Å². The topological polar surface area (TPSA) is 84.9 Å². The van der Waals surface area contributed by atoms with Crippen LogP contribution in [0.5, 0.6) is 11.5 Å². The second-order valence-corrected chi connectivity index (χ2v) is 8.81. The van der Waals surface area contributed by atoms with Crippen molar-refractivity contribution in [3.05, 3.63) is 48.0 Å². The number of anilines is 1. The number of carbonyl (C=O) groups is 1. The molecule has 3 rings (SSSR count). The van der Waals surface area contributed by atoms with E-state index in [1.54, 1.807) is 31.4 Å². The summed E-state index contributed by atoms with van der Waals surface area (Å²) in [5, 5.41) is 2.78. The summed E-state index contributed by atoms with van der Waals surface area (Å²) in [4.78, 5) is 12.5. The van der Waals surface area contributed by atoms with Crippen molar-refractivity contribution < 1.29 is 22.7 Å². The van der Waals surface area contributed by atoms with Gasteiger partial charge in [-0.05, 0) is 48.7 Å². The van der Waals surface area contributed by atoms with Crippen LogP contribution >= 0.6 is 0 Å². The fourth-order valence-electron chi connectivity index (χ4n) is 3.33.